The zero-order valence-electron chi connectivity index (χ0n) is 18.0. The normalized spacial score (nSPS) is 12.3. The van der Waals surface area contributed by atoms with Gasteiger partial charge in [0, 0.05) is 13.0 Å². The third-order valence-electron chi connectivity index (χ3n) is 4.55. The molecule has 1 atom stereocenters. The summed E-state index contributed by atoms with van der Waals surface area (Å²) in [6.45, 7) is 3.45. The maximum Gasteiger partial charge on any atom is 0.155 e. The third kappa shape index (κ3) is 21.2. The smallest absolute Gasteiger partial charge is 0.155 e. The number of aliphatic hydroxyl groups excluding tert-OH is 1. The highest BCUT2D eigenvalue weighted by molar-refractivity contribution is 5.89. The van der Waals surface area contributed by atoms with E-state index in [1.807, 2.05) is 6.08 Å². The molecule has 0 radical (unpaired) electrons. The molecular weight excluding hydrogens is 352 g/mol. The number of ether oxygens (including phenoxy) is 2. The van der Waals surface area contributed by atoms with E-state index in [0.29, 0.717) is 13.0 Å². The highest BCUT2D eigenvalue weighted by Gasteiger charge is 2.03. The van der Waals surface area contributed by atoms with E-state index in [-0.39, 0.29) is 25.6 Å². The lowest BCUT2D eigenvalue weighted by molar-refractivity contribution is -0.114. The van der Waals surface area contributed by atoms with Crippen LogP contribution in [0.5, 0.6) is 0 Å². The van der Waals surface area contributed by atoms with Gasteiger partial charge in [0.25, 0.3) is 0 Å². The fraction of sp³-hybridized carbons (Fsp3) is 0.792. The molecule has 4 nitrogen and oxygen atoms in total. The summed E-state index contributed by atoms with van der Waals surface area (Å²) in [6, 6.07) is 0. The van der Waals surface area contributed by atoms with E-state index in [1.165, 1.54) is 51.4 Å². The van der Waals surface area contributed by atoms with Crippen LogP contribution in [0.25, 0.3) is 0 Å². The van der Waals surface area contributed by atoms with E-state index in [0.717, 1.165) is 25.7 Å². The summed E-state index contributed by atoms with van der Waals surface area (Å²) >= 11 is 0. The van der Waals surface area contributed by atoms with E-state index in [4.69, 9.17) is 15.9 Å². The molecule has 0 rings (SSSR count). The molecule has 0 aliphatic heterocycles. The van der Waals surface area contributed by atoms with Gasteiger partial charge in [-0.1, -0.05) is 76.7 Å². The lowest BCUT2D eigenvalue weighted by atomic mass is 10.0. The Bertz CT molecular complexity index is 411. The number of rotatable bonds is 21. The zero-order chi connectivity index (χ0) is 20.7. The van der Waals surface area contributed by atoms with Crippen LogP contribution in [0.3, 0.4) is 0 Å². The predicted molar refractivity (Wildman–Crippen MR) is 116 cm³/mol. The lowest BCUT2D eigenvalue weighted by Gasteiger charge is -2.10. The summed E-state index contributed by atoms with van der Waals surface area (Å²) in [5.74, 6) is 2.57. The summed E-state index contributed by atoms with van der Waals surface area (Å²) in [6.07, 6.45) is 23.2. The number of hydrogen-bond donors (Lipinski definition) is 1. The second kappa shape index (κ2) is 22.1. The summed E-state index contributed by atoms with van der Waals surface area (Å²) < 4.78 is 10.4. The number of terminal acetylenes is 1. The van der Waals surface area contributed by atoms with Crippen LogP contribution in [0, 0.1) is 12.3 Å². The van der Waals surface area contributed by atoms with Crippen molar-refractivity contribution < 1.29 is 19.4 Å². The number of carbonyl (C=O) groups excluding carboxylic acids is 1. The Morgan fingerprint density at radius 2 is 1.57 bits per heavy atom. The Balaban J connectivity index is 3.35. The Morgan fingerprint density at radius 3 is 2.21 bits per heavy atom. The van der Waals surface area contributed by atoms with Crippen LogP contribution in [0.15, 0.2) is 12.2 Å². The number of unbranched alkanes of at least 4 members (excludes halogenated alkanes) is 10. The zero-order valence-corrected chi connectivity index (χ0v) is 18.0. The first-order chi connectivity index (χ1) is 13.7. The second-order valence-electron chi connectivity index (χ2n) is 7.39. The quantitative estimate of drug-likeness (QED) is 0.164. The Hall–Kier alpha value is -1.15. The summed E-state index contributed by atoms with van der Waals surface area (Å²) in [7, 11) is 0. The second-order valence-corrected chi connectivity index (χ2v) is 7.39. The van der Waals surface area contributed by atoms with Crippen molar-refractivity contribution in [3.05, 3.63) is 12.2 Å². The number of hydrogen-bond acceptors (Lipinski definition) is 4. The molecule has 0 aliphatic carbocycles. The van der Waals surface area contributed by atoms with Gasteiger partial charge in [-0.25, -0.2) is 0 Å². The molecule has 0 spiro atoms. The molecule has 0 aliphatic rings. The summed E-state index contributed by atoms with van der Waals surface area (Å²) in [4.78, 5) is 11.8. The minimum absolute atomic E-state index is 0.192. The van der Waals surface area contributed by atoms with Crippen molar-refractivity contribution in [2.75, 3.05) is 26.4 Å². The van der Waals surface area contributed by atoms with Crippen LogP contribution in [0.2, 0.25) is 0 Å². The first-order valence-electron chi connectivity index (χ1n) is 11.2. The fourth-order valence-electron chi connectivity index (χ4n) is 2.91. The van der Waals surface area contributed by atoms with Gasteiger partial charge in [-0.05, 0) is 25.3 Å². The molecule has 162 valence electrons. The Labute approximate surface area is 173 Å². The van der Waals surface area contributed by atoms with E-state index < -0.39 is 6.10 Å². The molecule has 0 saturated heterocycles. The van der Waals surface area contributed by atoms with Gasteiger partial charge in [-0.2, -0.15) is 0 Å². The maximum atomic E-state index is 11.8. The molecule has 0 amide bonds. The van der Waals surface area contributed by atoms with Crippen LogP contribution < -0.4 is 0 Å². The van der Waals surface area contributed by atoms with Crippen molar-refractivity contribution >= 4 is 5.78 Å². The van der Waals surface area contributed by atoms with Gasteiger partial charge >= 0.3 is 0 Å². The van der Waals surface area contributed by atoms with Crippen molar-refractivity contribution in [1.29, 1.82) is 0 Å². The summed E-state index contributed by atoms with van der Waals surface area (Å²) in [5, 5.41) is 9.57. The topological polar surface area (TPSA) is 55.8 Å². The number of aliphatic hydroxyl groups is 1. The molecule has 28 heavy (non-hydrogen) atoms. The van der Waals surface area contributed by atoms with E-state index >= 15 is 0 Å². The molecule has 0 heterocycles. The third-order valence-corrected chi connectivity index (χ3v) is 4.55. The fourth-order valence-corrected chi connectivity index (χ4v) is 2.91. The van der Waals surface area contributed by atoms with Crippen molar-refractivity contribution in [3.63, 3.8) is 0 Å². The van der Waals surface area contributed by atoms with Gasteiger partial charge in [-0.3, -0.25) is 4.79 Å². The minimum Gasteiger partial charge on any atom is -0.388 e. The Kier molecular flexibility index (Phi) is 21.2. The number of carbonyl (C=O) groups is 1. The molecule has 0 fully saturated rings. The van der Waals surface area contributed by atoms with Crippen LogP contribution in [-0.2, 0) is 14.3 Å². The van der Waals surface area contributed by atoms with Crippen molar-refractivity contribution in [2.45, 2.75) is 96.5 Å². The van der Waals surface area contributed by atoms with Crippen LogP contribution in [0.4, 0.5) is 0 Å². The number of ketones is 1. The molecular formula is C24H42O4. The molecule has 1 N–H and O–H groups in total. The Morgan fingerprint density at radius 1 is 0.964 bits per heavy atom. The SMILES string of the molecule is C#CCOC[C@@H](O)COCCC/C=C/C(=O)CCCCCCCCCCCC. The van der Waals surface area contributed by atoms with Gasteiger partial charge in [0.1, 0.15) is 12.7 Å². The van der Waals surface area contributed by atoms with Crippen molar-refractivity contribution in [3.8, 4) is 12.3 Å². The monoisotopic (exact) mass is 394 g/mol. The van der Waals surface area contributed by atoms with E-state index in [1.54, 1.807) is 6.08 Å². The van der Waals surface area contributed by atoms with Gasteiger partial charge in [-0.15, -0.1) is 6.42 Å². The first kappa shape index (κ1) is 26.9. The van der Waals surface area contributed by atoms with Gasteiger partial charge in [0.2, 0.25) is 0 Å². The molecule has 0 bridgehead atoms. The van der Waals surface area contributed by atoms with E-state index in [9.17, 15) is 9.90 Å². The maximum absolute atomic E-state index is 11.8. The van der Waals surface area contributed by atoms with Gasteiger partial charge in [0.05, 0.1) is 13.2 Å². The highest BCUT2D eigenvalue weighted by Crippen LogP contribution is 2.11. The summed E-state index contributed by atoms with van der Waals surface area (Å²) in [5.41, 5.74) is 0. The minimum atomic E-state index is -0.647. The molecule has 0 saturated carbocycles. The molecule has 0 aromatic rings. The largest absolute Gasteiger partial charge is 0.388 e. The van der Waals surface area contributed by atoms with Gasteiger partial charge in [0.15, 0.2) is 5.78 Å². The van der Waals surface area contributed by atoms with Crippen LogP contribution in [0.1, 0.15) is 90.4 Å². The van der Waals surface area contributed by atoms with Crippen LogP contribution >= 0.6 is 0 Å². The van der Waals surface area contributed by atoms with E-state index in [2.05, 4.69) is 12.8 Å². The van der Waals surface area contributed by atoms with Crippen molar-refractivity contribution in [2.24, 2.45) is 0 Å². The standard InChI is InChI=1S/C24H42O4/c1-3-5-6-7-8-9-10-11-12-14-17-23(25)18-15-13-16-20-28-22-24(26)21-27-19-4-2/h2,15,18,24,26H,3,5-14,16-17,19-22H2,1H3/b18-15+/t24-/m1/s1. The molecule has 0 aromatic heterocycles. The molecule has 4 heteroatoms. The predicted octanol–water partition coefficient (Wildman–Crippen LogP) is 5.23. The molecule has 0 unspecified atom stereocenters. The highest BCUT2D eigenvalue weighted by atomic mass is 16.5. The number of allylic oxidation sites excluding steroid dienone is 2. The van der Waals surface area contributed by atoms with Crippen molar-refractivity contribution in [1.82, 2.24) is 0 Å². The average Bonchev–Trinajstić information content (AvgIpc) is 2.69. The van der Waals surface area contributed by atoms with Gasteiger partial charge < -0.3 is 14.6 Å². The lowest BCUT2D eigenvalue weighted by Crippen LogP contribution is -2.22. The first-order valence-corrected chi connectivity index (χ1v) is 11.2. The van der Waals surface area contributed by atoms with Crippen LogP contribution in [-0.4, -0.2) is 43.4 Å². The molecule has 0 aromatic carbocycles. The average molecular weight is 395 g/mol.